The summed E-state index contributed by atoms with van der Waals surface area (Å²) in [5.74, 6) is -0.496. The standard InChI is InChI=1S/C18H25ClO4/c1-4-6-16(13(2)3)23-18(21)10-9-17(20)22-12-14-7-5-8-15(19)11-14/h5,7-8,11,13,16H,4,6,9-10,12H2,1-3H3. The molecule has 0 saturated heterocycles. The van der Waals surface area contributed by atoms with Gasteiger partial charge in [-0.05, 0) is 30.0 Å². The van der Waals surface area contributed by atoms with Crippen molar-refractivity contribution in [2.45, 2.75) is 59.2 Å². The molecule has 0 aliphatic carbocycles. The maximum atomic E-state index is 11.8. The fourth-order valence-electron chi connectivity index (χ4n) is 2.11. The van der Waals surface area contributed by atoms with Crippen LogP contribution in [0.3, 0.4) is 0 Å². The Balaban J connectivity index is 2.30. The van der Waals surface area contributed by atoms with Crippen LogP contribution in [0.1, 0.15) is 52.0 Å². The van der Waals surface area contributed by atoms with Crippen LogP contribution in [0.25, 0.3) is 0 Å². The Hall–Kier alpha value is -1.55. The molecule has 0 fully saturated rings. The Morgan fingerprint density at radius 3 is 2.48 bits per heavy atom. The van der Waals surface area contributed by atoms with Crippen LogP contribution >= 0.6 is 11.6 Å². The number of ether oxygens (including phenoxy) is 2. The van der Waals surface area contributed by atoms with Gasteiger partial charge in [-0.15, -0.1) is 0 Å². The molecule has 0 saturated carbocycles. The lowest BCUT2D eigenvalue weighted by atomic mass is 10.0. The molecule has 1 atom stereocenters. The Morgan fingerprint density at radius 1 is 1.17 bits per heavy atom. The summed E-state index contributed by atoms with van der Waals surface area (Å²) in [7, 11) is 0. The molecule has 4 nitrogen and oxygen atoms in total. The van der Waals surface area contributed by atoms with Gasteiger partial charge in [0.1, 0.15) is 12.7 Å². The number of carbonyl (C=O) groups excluding carboxylic acids is 2. The highest BCUT2D eigenvalue weighted by atomic mass is 35.5. The van der Waals surface area contributed by atoms with Crippen LogP contribution < -0.4 is 0 Å². The molecule has 23 heavy (non-hydrogen) atoms. The second-order valence-corrected chi connectivity index (χ2v) is 6.29. The zero-order chi connectivity index (χ0) is 17.2. The third kappa shape index (κ3) is 8.03. The minimum atomic E-state index is -0.418. The van der Waals surface area contributed by atoms with E-state index in [1.54, 1.807) is 18.2 Å². The summed E-state index contributed by atoms with van der Waals surface area (Å²) in [6.07, 6.45) is 1.77. The fourth-order valence-corrected chi connectivity index (χ4v) is 2.32. The van der Waals surface area contributed by atoms with Gasteiger partial charge in [0.2, 0.25) is 0 Å². The van der Waals surface area contributed by atoms with Crippen molar-refractivity contribution in [3.8, 4) is 0 Å². The van der Waals surface area contributed by atoms with Gasteiger partial charge in [-0.25, -0.2) is 0 Å². The Bertz CT molecular complexity index is 513. The molecule has 0 aliphatic rings. The zero-order valence-corrected chi connectivity index (χ0v) is 14.8. The second kappa shape index (κ2) is 10.3. The monoisotopic (exact) mass is 340 g/mol. The molecule has 0 aliphatic heterocycles. The molecule has 0 radical (unpaired) electrons. The lowest BCUT2D eigenvalue weighted by Gasteiger charge is -2.20. The van der Waals surface area contributed by atoms with Crippen molar-refractivity contribution < 1.29 is 19.1 Å². The van der Waals surface area contributed by atoms with Crippen molar-refractivity contribution in [2.24, 2.45) is 5.92 Å². The summed E-state index contributed by atoms with van der Waals surface area (Å²) in [4.78, 5) is 23.5. The lowest BCUT2D eigenvalue weighted by molar-refractivity contribution is -0.156. The van der Waals surface area contributed by atoms with Crippen molar-refractivity contribution >= 4 is 23.5 Å². The smallest absolute Gasteiger partial charge is 0.306 e. The van der Waals surface area contributed by atoms with E-state index in [0.717, 1.165) is 18.4 Å². The van der Waals surface area contributed by atoms with E-state index in [1.807, 2.05) is 19.9 Å². The molecule has 0 amide bonds. The highest BCUT2D eigenvalue weighted by Crippen LogP contribution is 2.15. The number of carbonyl (C=O) groups is 2. The minimum absolute atomic E-state index is 0.0241. The van der Waals surface area contributed by atoms with E-state index >= 15 is 0 Å². The number of hydrogen-bond acceptors (Lipinski definition) is 4. The van der Waals surface area contributed by atoms with Crippen LogP contribution in [0.2, 0.25) is 5.02 Å². The van der Waals surface area contributed by atoms with Crippen molar-refractivity contribution in [2.75, 3.05) is 0 Å². The summed E-state index contributed by atoms with van der Waals surface area (Å²) in [5.41, 5.74) is 0.816. The quantitative estimate of drug-likeness (QED) is 0.620. The normalized spacial score (nSPS) is 12.0. The predicted octanol–water partition coefficient (Wildman–Crippen LogP) is 4.53. The van der Waals surface area contributed by atoms with Gasteiger partial charge < -0.3 is 9.47 Å². The first-order valence-electron chi connectivity index (χ1n) is 8.02. The lowest BCUT2D eigenvalue weighted by Crippen LogP contribution is -2.24. The summed E-state index contributed by atoms with van der Waals surface area (Å²) >= 11 is 5.86. The largest absolute Gasteiger partial charge is 0.462 e. The molecular weight excluding hydrogens is 316 g/mol. The van der Waals surface area contributed by atoms with E-state index in [-0.39, 0.29) is 37.4 Å². The molecule has 1 aromatic carbocycles. The van der Waals surface area contributed by atoms with E-state index in [1.165, 1.54) is 0 Å². The van der Waals surface area contributed by atoms with Gasteiger partial charge in [0.05, 0.1) is 12.8 Å². The summed E-state index contributed by atoms with van der Waals surface area (Å²) in [6, 6.07) is 7.11. The first-order chi connectivity index (χ1) is 10.9. The minimum Gasteiger partial charge on any atom is -0.462 e. The first-order valence-corrected chi connectivity index (χ1v) is 8.39. The molecule has 0 bridgehead atoms. The van der Waals surface area contributed by atoms with Gasteiger partial charge in [0.25, 0.3) is 0 Å². The highest BCUT2D eigenvalue weighted by molar-refractivity contribution is 6.30. The van der Waals surface area contributed by atoms with Crippen molar-refractivity contribution in [1.29, 1.82) is 0 Å². The Morgan fingerprint density at radius 2 is 1.87 bits per heavy atom. The van der Waals surface area contributed by atoms with Crippen molar-refractivity contribution in [3.05, 3.63) is 34.9 Å². The Kier molecular flexibility index (Phi) is 8.70. The zero-order valence-electron chi connectivity index (χ0n) is 14.0. The topological polar surface area (TPSA) is 52.6 Å². The summed E-state index contributed by atoms with van der Waals surface area (Å²) in [5, 5.41) is 0.595. The average molecular weight is 341 g/mol. The van der Waals surface area contributed by atoms with Crippen LogP contribution in [0, 0.1) is 5.92 Å². The molecule has 0 spiro atoms. The van der Waals surface area contributed by atoms with Crippen molar-refractivity contribution in [1.82, 2.24) is 0 Å². The van der Waals surface area contributed by atoms with Gasteiger partial charge in [-0.1, -0.05) is 50.9 Å². The molecule has 128 valence electrons. The van der Waals surface area contributed by atoms with E-state index in [2.05, 4.69) is 6.92 Å². The molecule has 5 heteroatoms. The maximum Gasteiger partial charge on any atom is 0.306 e. The highest BCUT2D eigenvalue weighted by Gasteiger charge is 2.18. The van der Waals surface area contributed by atoms with E-state index in [9.17, 15) is 9.59 Å². The molecule has 0 aromatic heterocycles. The molecule has 0 heterocycles. The maximum absolute atomic E-state index is 11.8. The van der Waals surface area contributed by atoms with E-state index in [0.29, 0.717) is 5.02 Å². The summed E-state index contributed by atoms with van der Waals surface area (Å²) in [6.45, 7) is 6.25. The van der Waals surface area contributed by atoms with E-state index in [4.69, 9.17) is 21.1 Å². The van der Waals surface area contributed by atoms with Gasteiger partial charge in [-0.3, -0.25) is 9.59 Å². The van der Waals surface area contributed by atoms with Crippen LogP contribution in [0.4, 0.5) is 0 Å². The second-order valence-electron chi connectivity index (χ2n) is 5.85. The predicted molar refractivity (Wildman–Crippen MR) is 90.1 cm³/mol. The number of rotatable bonds is 9. The van der Waals surface area contributed by atoms with Crippen LogP contribution in [-0.2, 0) is 25.7 Å². The van der Waals surface area contributed by atoms with Crippen LogP contribution in [0.15, 0.2) is 24.3 Å². The summed E-state index contributed by atoms with van der Waals surface area (Å²) < 4.78 is 10.5. The number of benzene rings is 1. The third-order valence-corrected chi connectivity index (χ3v) is 3.66. The van der Waals surface area contributed by atoms with Crippen molar-refractivity contribution in [3.63, 3.8) is 0 Å². The van der Waals surface area contributed by atoms with Crippen LogP contribution in [-0.4, -0.2) is 18.0 Å². The van der Waals surface area contributed by atoms with Gasteiger partial charge >= 0.3 is 11.9 Å². The third-order valence-electron chi connectivity index (χ3n) is 3.42. The average Bonchev–Trinajstić information content (AvgIpc) is 2.50. The number of halogens is 1. The number of esters is 2. The molecule has 1 rings (SSSR count). The van der Waals surface area contributed by atoms with Gasteiger partial charge in [-0.2, -0.15) is 0 Å². The Labute approximate surface area is 143 Å². The molecule has 1 aromatic rings. The SMILES string of the molecule is CCCC(OC(=O)CCC(=O)OCc1cccc(Cl)c1)C(C)C. The molecular formula is C18H25ClO4. The van der Waals surface area contributed by atoms with Gasteiger partial charge in [0, 0.05) is 5.02 Å². The van der Waals surface area contributed by atoms with Gasteiger partial charge in [0.15, 0.2) is 0 Å². The molecule has 1 unspecified atom stereocenters. The first kappa shape index (κ1) is 19.5. The number of hydrogen-bond donors (Lipinski definition) is 0. The van der Waals surface area contributed by atoms with Crippen LogP contribution in [0.5, 0.6) is 0 Å². The van der Waals surface area contributed by atoms with E-state index < -0.39 is 5.97 Å². The molecule has 0 N–H and O–H groups in total. The fraction of sp³-hybridized carbons (Fsp3) is 0.556.